The number of carbonyl (C=O) groups excluding carboxylic acids is 4. The molecule has 1 saturated heterocycles. The van der Waals surface area contributed by atoms with Gasteiger partial charge in [-0.1, -0.05) is 23.8 Å². The average Bonchev–Trinajstić information content (AvgIpc) is 2.90. The summed E-state index contributed by atoms with van der Waals surface area (Å²) in [6, 6.07) is 5.12. The maximum absolute atomic E-state index is 12.5. The Morgan fingerprint density at radius 2 is 1.58 bits per heavy atom. The molecule has 3 rings (SSSR count). The number of imide groups is 1. The lowest BCUT2D eigenvalue weighted by atomic mass is 9.85. The number of rotatable bonds is 3. The fourth-order valence-corrected chi connectivity index (χ4v) is 3.35. The maximum atomic E-state index is 12.5. The number of nitrogens with zero attached hydrogens (tertiary/aromatic N) is 1. The van der Waals surface area contributed by atoms with Crippen molar-refractivity contribution in [2.45, 2.75) is 25.8 Å². The van der Waals surface area contributed by atoms with Crippen LogP contribution in [0.15, 0.2) is 36.4 Å². The molecule has 0 spiro atoms. The topological polar surface area (TPSA) is 95.6 Å². The number of halogens is 1. The van der Waals surface area contributed by atoms with Crippen LogP contribution in [0.3, 0.4) is 0 Å². The van der Waals surface area contributed by atoms with Crippen molar-refractivity contribution in [2.75, 3.05) is 0 Å². The average molecular weight is 376 g/mol. The quantitative estimate of drug-likeness (QED) is 0.474. The lowest BCUT2D eigenvalue weighted by Gasteiger charge is -2.22. The smallest absolute Gasteiger partial charge is 0.269 e. The number of hydrogen-bond acceptors (Lipinski definition) is 4. The molecule has 1 fully saturated rings. The van der Waals surface area contributed by atoms with Crippen molar-refractivity contribution in [3.8, 4) is 0 Å². The van der Waals surface area contributed by atoms with Gasteiger partial charge in [0, 0.05) is 10.6 Å². The molecule has 7 nitrogen and oxygen atoms in total. The molecule has 0 aromatic heterocycles. The van der Waals surface area contributed by atoms with Crippen LogP contribution in [0.2, 0.25) is 5.02 Å². The summed E-state index contributed by atoms with van der Waals surface area (Å²) < 4.78 is 0. The summed E-state index contributed by atoms with van der Waals surface area (Å²) in [6.07, 6.45) is 4.78. The molecule has 1 aliphatic heterocycles. The van der Waals surface area contributed by atoms with Gasteiger partial charge >= 0.3 is 0 Å². The minimum absolute atomic E-state index is 0.313. The predicted octanol–water partition coefficient (Wildman–Crippen LogP) is 1.44. The van der Waals surface area contributed by atoms with Gasteiger partial charge < -0.3 is 0 Å². The number of hydrazine groups is 1. The summed E-state index contributed by atoms with van der Waals surface area (Å²) in [4.78, 5) is 50.3. The first-order valence-corrected chi connectivity index (χ1v) is 8.65. The van der Waals surface area contributed by atoms with Gasteiger partial charge in [0.15, 0.2) is 0 Å². The molecule has 26 heavy (non-hydrogen) atoms. The number of carbonyl (C=O) groups is 4. The van der Waals surface area contributed by atoms with Crippen molar-refractivity contribution < 1.29 is 19.2 Å². The number of fused-ring (bicyclic) bond motifs is 1. The summed E-state index contributed by atoms with van der Waals surface area (Å²) in [5.41, 5.74) is 4.85. The molecule has 0 radical (unpaired) electrons. The molecular formula is C18H18ClN3O4. The molecule has 4 amide bonds. The Labute approximate surface area is 155 Å². The lowest BCUT2D eigenvalue weighted by Crippen LogP contribution is -2.53. The van der Waals surface area contributed by atoms with E-state index in [0.29, 0.717) is 23.4 Å². The minimum atomic E-state index is -1.01. The highest BCUT2D eigenvalue weighted by molar-refractivity contribution is 6.30. The van der Waals surface area contributed by atoms with E-state index in [1.807, 2.05) is 12.2 Å². The fourth-order valence-electron chi connectivity index (χ4n) is 3.22. The summed E-state index contributed by atoms with van der Waals surface area (Å²) in [7, 11) is 0. The zero-order valence-electron chi connectivity index (χ0n) is 14.1. The monoisotopic (exact) mass is 375 g/mol. The first-order valence-electron chi connectivity index (χ1n) is 8.28. The number of amides is 4. The highest BCUT2D eigenvalue weighted by atomic mass is 35.5. The molecule has 2 aliphatic rings. The van der Waals surface area contributed by atoms with Gasteiger partial charge in [0.1, 0.15) is 6.04 Å². The van der Waals surface area contributed by atoms with Crippen LogP contribution in [0.4, 0.5) is 0 Å². The molecular weight excluding hydrogens is 358 g/mol. The molecule has 1 aromatic rings. The zero-order valence-corrected chi connectivity index (χ0v) is 14.8. The summed E-state index contributed by atoms with van der Waals surface area (Å²) >= 11 is 5.76. The van der Waals surface area contributed by atoms with Crippen molar-refractivity contribution >= 4 is 35.2 Å². The first-order chi connectivity index (χ1) is 12.4. The molecule has 8 heteroatoms. The van der Waals surface area contributed by atoms with E-state index in [1.165, 1.54) is 19.1 Å². The normalized spacial score (nSPS) is 22.8. The van der Waals surface area contributed by atoms with Gasteiger partial charge in [0.25, 0.3) is 11.8 Å². The van der Waals surface area contributed by atoms with E-state index >= 15 is 0 Å². The van der Waals surface area contributed by atoms with Gasteiger partial charge in [0.2, 0.25) is 11.8 Å². The van der Waals surface area contributed by atoms with Gasteiger partial charge in [-0.05, 0) is 44.0 Å². The van der Waals surface area contributed by atoms with E-state index in [0.717, 1.165) is 4.90 Å². The zero-order chi connectivity index (χ0) is 18.8. The molecule has 0 saturated carbocycles. The third kappa shape index (κ3) is 3.35. The van der Waals surface area contributed by atoms with Gasteiger partial charge in [-0.15, -0.1) is 0 Å². The van der Waals surface area contributed by atoms with Crippen molar-refractivity contribution in [3.05, 3.63) is 47.0 Å². The second kappa shape index (κ2) is 7.29. The van der Waals surface area contributed by atoms with Crippen molar-refractivity contribution in [1.29, 1.82) is 0 Å². The minimum Gasteiger partial charge on any atom is -0.274 e. The van der Waals surface area contributed by atoms with Gasteiger partial charge in [-0.2, -0.15) is 0 Å². The van der Waals surface area contributed by atoms with E-state index in [2.05, 4.69) is 10.9 Å². The predicted molar refractivity (Wildman–Crippen MR) is 93.7 cm³/mol. The number of benzene rings is 1. The van der Waals surface area contributed by atoms with Gasteiger partial charge in [0.05, 0.1) is 11.8 Å². The van der Waals surface area contributed by atoms with Crippen LogP contribution in [0.5, 0.6) is 0 Å². The third-order valence-corrected chi connectivity index (χ3v) is 4.97. The standard InChI is InChI=1S/C18H18ClN3O4/c1-10(22-17(25)13-4-2-3-5-14(13)18(22)26)15(23)20-21-16(24)11-6-8-12(19)9-7-11/h2-3,6-10,13-14H,4-5H2,1H3,(H,20,23)(H,21,24)/t10-,13-,14-/m0/s1. The molecule has 2 N–H and O–H groups in total. The summed E-state index contributed by atoms with van der Waals surface area (Å²) in [6.45, 7) is 1.46. The number of hydrogen-bond donors (Lipinski definition) is 2. The van der Waals surface area contributed by atoms with Crippen molar-refractivity contribution in [1.82, 2.24) is 15.8 Å². The van der Waals surface area contributed by atoms with Gasteiger partial charge in [-0.25, -0.2) is 0 Å². The van der Waals surface area contributed by atoms with E-state index in [9.17, 15) is 19.2 Å². The molecule has 0 bridgehead atoms. The van der Waals surface area contributed by atoms with Crippen LogP contribution < -0.4 is 10.9 Å². The summed E-state index contributed by atoms with van der Waals surface area (Å²) in [5.74, 6) is -2.63. The van der Waals surface area contributed by atoms with Crippen LogP contribution in [0.1, 0.15) is 30.1 Å². The summed E-state index contributed by atoms with van der Waals surface area (Å²) in [5, 5.41) is 0.487. The van der Waals surface area contributed by atoms with Crippen LogP contribution in [0.25, 0.3) is 0 Å². The Bertz CT molecular complexity index is 764. The Kier molecular flexibility index (Phi) is 5.08. The molecule has 3 atom stereocenters. The highest BCUT2D eigenvalue weighted by Crippen LogP contribution is 2.35. The Balaban J connectivity index is 1.61. The first kappa shape index (κ1) is 18.1. The van der Waals surface area contributed by atoms with E-state index in [4.69, 9.17) is 11.6 Å². The Morgan fingerprint density at radius 1 is 1.04 bits per heavy atom. The lowest BCUT2D eigenvalue weighted by molar-refractivity contribution is -0.147. The van der Waals surface area contributed by atoms with E-state index in [1.54, 1.807) is 12.1 Å². The van der Waals surface area contributed by atoms with Crippen molar-refractivity contribution in [2.24, 2.45) is 11.8 Å². The second-order valence-corrected chi connectivity index (χ2v) is 6.76. The highest BCUT2D eigenvalue weighted by Gasteiger charge is 2.50. The van der Waals surface area contributed by atoms with E-state index in [-0.39, 0.29) is 11.8 Å². The van der Waals surface area contributed by atoms with Crippen molar-refractivity contribution in [3.63, 3.8) is 0 Å². The van der Waals surface area contributed by atoms with Gasteiger partial charge in [-0.3, -0.25) is 34.9 Å². The SMILES string of the molecule is C[C@@H](C(=O)NNC(=O)c1ccc(Cl)cc1)N1C(=O)[C@H]2CC=CC[C@@H]2C1=O. The fraction of sp³-hybridized carbons (Fsp3) is 0.333. The molecule has 0 unspecified atom stereocenters. The Hall–Kier alpha value is -2.67. The van der Waals surface area contributed by atoms with Crippen LogP contribution in [-0.4, -0.2) is 34.6 Å². The Morgan fingerprint density at radius 3 is 2.12 bits per heavy atom. The maximum Gasteiger partial charge on any atom is 0.269 e. The second-order valence-electron chi connectivity index (χ2n) is 6.33. The third-order valence-electron chi connectivity index (χ3n) is 4.71. The molecule has 136 valence electrons. The number of nitrogens with one attached hydrogen (secondary N) is 2. The van der Waals surface area contributed by atoms with Crippen LogP contribution >= 0.6 is 11.6 Å². The largest absolute Gasteiger partial charge is 0.274 e. The van der Waals surface area contributed by atoms with Crippen LogP contribution in [-0.2, 0) is 14.4 Å². The van der Waals surface area contributed by atoms with Crippen LogP contribution in [0, 0.1) is 11.8 Å². The molecule has 1 aliphatic carbocycles. The number of likely N-dealkylation sites (tertiary alicyclic amines) is 1. The molecule has 1 heterocycles. The number of allylic oxidation sites excluding steroid dienone is 2. The molecule has 1 aromatic carbocycles. The van der Waals surface area contributed by atoms with E-state index < -0.39 is 29.7 Å².